The van der Waals surface area contributed by atoms with Gasteiger partial charge in [-0.1, -0.05) is 0 Å². The summed E-state index contributed by atoms with van der Waals surface area (Å²) in [4.78, 5) is 26.5. The molecular weight excluding hydrogens is 174 g/mol. The molecular formula is C7H13N3O3. The van der Waals surface area contributed by atoms with Crippen molar-refractivity contribution in [3.8, 4) is 0 Å². The number of carbonyl (C=O) groups excluding carboxylic acids is 2. The first-order valence-electron chi connectivity index (χ1n) is 3.61. The molecule has 0 rings (SSSR count). The van der Waals surface area contributed by atoms with Gasteiger partial charge in [-0.2, -0.15) is 4.99 Å². The first-order chi connectivity index (χ1) is 6.06. The average Bonchev–Trinajstić information content (AvgIpc) is 2.10. The van der Waals surface area contributed by atoms with Gasteiger partial charge in [0, 0.05) is 14.1 Å². The summed E-state index contributed by atoms with van der Waals surface area (Å²) in [5.41, 5.74) is 0. The van der Waals surface area contributed by atoms with E-state index in [-0.39, 0.29) is 6.54 Å². The lowest BCUT2D eigenvalue weighted by molar-refractivity contribution is -0.139. The lowest BCUT2D eigenvalue weighted by atomic mass is 10.6. The van der Waals surface area contributed by atoms with E-state index in [4.69, 9.17) is 0 Å². The summed E-state index contributed by atoms with van der Waals surface area (Å²) in [5.74, 6) is -0.506. The highest BCUT2D eigenvalue weighted by Crippen LogP contribution is 1.76. The Balaban J connectivity index is 3.70. The van der Waals surface area contributed by atoms with Crippen LogP contribution in [0.2, 0.25) is 0 Å². The standard InChI is InChI=1S/C7H13N3O3/c1-10(2)5-9-7(12)8-4-6(11)13-3/h5H,4H2,1-3H3,(H,8,12)/b9-5-. The Morgan fingerprint density at radius 2 is 2.15 bits per heavy atom. The molecule has 0 atom stereocenters. The fraction of sp³-hybridized carbons (Fsp3) is 0.571. The molecule has 0 saturated heterocycles. The fourth-order valence-corrected chi connectivity index (χ4v) is 0.434. The van der Waals surface area contributed by atoms with Crippen LogP contribution in [0, 0.1) is 0 Å². The molecule has 0 bridgehead atoms. The van der Waals surface area contributed by atoms with Gasteiger partial charge >= 0.3 is 12.0 Å². The van der Waals surface area contributed by atoms with Crippen LogP contribution in [-0.4, -0.2) is 51.0 Å². The van der Waals surface area contributed by atoms with Crippen LogP contribution in [0.4, 0.5) is 4.79 Å². The lowest BCUT2D eigenvalue weighted by Crippen LogP contribution is -2.28. The largest absolute Gasteiger partial charge is 0.468 e. The van der Waals surface area contributed by atoms with Gasteiger partial charge in [-0.05, 0) is 0 Å². The minimum absolute atomic E-state index is 0.167. The molecule has 0 aromatic rings. The van der Waals surface area contributed by atoms with E-state index in [1.165, 1.54) is 13.4 Å². The van der Waals surface area contributed by atoms with Crippen molar-refractivity contribution in [3.05, 3.63) is 0 Å². The molecule has 74 valence electrons. The summed E-state index contributed by atoms with van der Waals surface area (Å²) in [6, 6.07) is -0.570. The molecule has 0 aliphatic rings. The Morgan fingerprint density at radius 1 is 1.54 bits per heavy atom. The summed E-state index contributed by atoms with van der Waals surface area (Å²) in [6.45, 7) is -0.167. The number of urea groups is 1. The number of rotatable bonds is 3. The maximum atomic E-state index is 10.8. The quantitative estimate of drug-likeness (QED) is 0.366. The Labute approximate surface area is 76.6 Å². The third-order valence-corrected chi connectivity index (χ3v) is 1.02. The molecule has 13 heavy (non-hydrogen) atoms. The van der Waals surface area contributed by atoms with Crippen LogP contribution >= 0.6 is 0 Å². The molecule has 2 amide bonds. The van der Waals surface area contributed by atoms with E-state index in [9.17, 15) is 9.59 Å². The summed E-state index contributed by atoms with van der Waals surface area (Å²) in [5, 5.41) is 2.25. The van der Waals surface area contributed by atoms with E-state index < -0.39 is 12.0 Å². The number of esters is 1. The molecule has 0 unspecified atom stereocenters. The number of hydrogen-bond donors (Lipinski definition) is 1. The number of nitrogens with one attached hydrogen (secondary N) is 1. The zero-order valence-electron chi connectivity index (χ0n) is 7.90. The molecule has 0 aliphatic carbocycles. The summed E-state index contributed by atoms with van der Waals surface area (Å²) in [6.07, 6.45) is 1.34. The monoisotopic (exact) mass is 187 g/mol. The van der Waals surface area contributed by atoms with E-state index >= 15 is 0 Å². The van der Waals surface area contributed by atoms with E-state index in [0.29, 0.717) is 0 Å². The van der Waals surface area contributed by atoms with E-state index in [1.54, 1.807) is 19.0 Å². The Kier molecular flexibility index (Phi) is 5.25. The second-order valence-corrected chi connectivity index (χ2v) is 2.44. The number of nitrogens with zero attached hydrogens (tertiary/aromatic N) is 2. The summed E-state index contributed by atoms with van der Waals surface area (Å²) < 4.78 is 4.31. The number of methoxy groups -OCH3 is 1. The molecule has 0 heterocycles. The Hall–Kier alpha value is -1.59. The molecule has 6 nitrogen and oxygen atoms in total. The van der Waals surface area contributed by atoms with Crippen molar-refractivity contribution in [2.45, 2.75) is 0 Å². The molecule has 0 radical (unpaired) electrons. The van der Waals surface area contributed by atoms with Crippen molar-refractivity contribution in [2.24, 2.45) is 4.99 Å². The highest BCUT2D eigenvalue weighted by Gasteiger charge is 2.01. The Bertz CT molecular complexity index is 213. The van der Waals surface area contributed by atoms with Gasteiger partial charge in [-0.15, -0.1) is 0 Å². The maximum absolute atomic E-state index is 10.8. The first-order valence-corrected chi connectivity index (χ1v) is 3.61. The minimum atomic E-state index is -0.570. The van der Waals surface area contributed by atoms with Gasteiger partial charge in [-0.3, -0.25) is 4.79 Å². The zero-order valence-corrected chi connectivity index (χ0v) is 7.90. The van der Waals surface area contributed by atoms with Gasteiger partial charge < -0.3 is 15.0 Å². The molecule has 0 aromatic carbocycles. The van der Waals surface area contributed by atoms with Crippen molar-refractivity contribution >= 4 is 18.3 Å². The van der Waals surface area contributed by atoms with Crippen molar-refractivity contribution in [1.29, 1.82) is 0 Å². The number of aliphatic imine (C=N–C) groups is 1. The molecule has 6 heteroatoms. The number of amides is 2. The number of carbonyl (C=O) groups is 2. The van der Waals surface area contributed by atoms with Gasteiger partial charge in [0.25, 0.3) is 0 Å². The average molecular weight is 187 g/mol. The topological polar surface area (TPSA) is 71.0 Å². The van der Waals surface area contributed by atoms with E-state index in [1.807, 2.05) is 0 Å². The summed E-state index contributed by atoms with van der Waals surface area (Å²) in [7, 11) is 4.71. The van der Waals surface area contributed by atoms with Crippen LogP contribution < -0.4 is 5.32 Å². The van der Waals surface area contributed by atoms with Crippen LogP contribution in [0.3, 0.4) is 0 Å². The van der Waals surface area contributed by atoms with Gasteiger partial charge in [0.05, 0.1) is 13.4 Å². The zero-order chi connectivity index (χ0) is 10.3. The number of hydrogen-bond acceptors (Lipinski definition) is 3. The van der Waals surface area contributed by atoms with Crippen LogP contribution in [0.25, 0.3) is 0 Å². The number of ether oxygens (including phenoxy) is 1. The Morgan fingerprint density at radius 3 is 2.62 bits per heavy atom. The van der Waals surface area contributed by atoms with E-state index in [2.05, 4.69) is 15.0 Å². The normalized spacial score (nSPS) is 9.77. The third kappa shape index (κ3) is 6.79. The van der Waals surface area contributed by atoms with Crippen molar-refractivity contribution < 1.29 is 14.3 Å². The second kappa shape index (κ2) is 5.99. The highest BCUT2D eigenvalue weighted by atomic mass is 16.5. The van der Waals surface area contributed by atoms with Gasteiger partial charge in [0.1, 0.15) is 6.54 Å². The maximum Gasteiger partial charge on any atom is 0.342 e. The molecule has 0 fully saturated rings. The minimum Gasteiger partial charge on any atom is -0.468 e. The van der Waals surface area contributed by atoms with Crippen LogP contribution in [0.15, 0.2) is 4.99 Å². The third-order valence-electron chi connectivity index (χ3n) is 1.02. The molecule has 0 saturated carbocycles. The lowest BCUT2D eigenvalue weighted by Gasteiger charge is -2.02. The van der Waals surface area contributed by atoms with Gasteiger partial charge in [0.15, 0.2) is 0 Å². The molecule has 0 aromatic heterocycles. The van der Waals surface area contributed by atoms with Crippen LogP contribution in [0.5, 0.6) is 0 Å². The predicted octanol–water partition coefficient (Wildman–Crippen LogP) is -0.541. The summed E-state index contributed by atoms with van der Waals surface area (Å²) >= 11 is 0. The van der Waals surface area contributed by atoms with Gasteiger partial charge in [-0.25, -0.2) is 4.79 Å². The first kappa shape index (κ1) is 11.4. The molecule has 0 spiro atoms. The van der Waals surface area contributed by atoms with Gasteiger partial charge in [0.2, 0.25) is 0 Å². The molecule has 1 N–H and O–H groups in total. The van der Waals surface area contributed by atoms with Crippen molar-refractivity contribution in [3.63, 3.8) is 0 Å². The van der Waals surface area contributed by atoms with E-state index in [0.717, 1.165) is 0 Å². The van der Waals surface area contributed by atoms with Crippen LogP contribution in [0.1, 0.15) is 0 Å². The SMILES string of the molecule is COC(=O)CNC(=O)/N=C\N(C)C. The molecule has 0 aliphatic heterocycles. The van der Waals surface area contributed by atoms with Crippen molar-refractivity contribution in [2.75, 3.05) is 27.7 Å². The smallest absolute Gasteiger partial charge is 0.342 e. The second-order valence-electron chi connectivity index (χ2n) is 2.44. The fourth-order valence-electron chi connectivity index (χ4n) is 0.434. The van der Waals surface area contributed by atoms with Crippen molar-refractivity contribution in [1.82, 2.24) is 10.2 Å². The highest BCUT2D eigenvalue weighted by molar-refractivity contribution is 5.85. The van der Waals surface area contributed by atoms with Crippen LogP contribution in [-0.2, 0) is 9.53 Å². The predicted molar refractivity (Wildman–Crippen MR) is 47.6 cm³/mol.